The molecule has 0 amide bonds. The molecule has 158 valence electrons. The van der Waals surface area contributed by atoms with Crippen LogP contribution in [0.5, 0.6) is 5.75 Å². The summed E-state index contributed by atoms with van der Waals surface area (Å²) in [5.74, 6) is 2.17. The molecule has 7 heteroatoms. The Morgan fingerprint density at radius 3 is 2.77 bits per heavy atom. The van der Waals surface area contributed by atoms with Crippen molar-refractivity contribution < 1.29 is 9.47 Å². The monoisotopic (exact) mass is 415 g/mol. The summed E-state index contributed by atoms with van der Waals surface area (Å²) in [5.41, 5.74) is 3.40. The fourth-order valence-electron chi connectivity index (χ4n) is 4.33. The first-order chi connectivity index (χ1) is 15.3. The molecule has 1 aliphatic heterocycles. The van der Waals surface area contributed by atoms with Gasteiger partial charge in [-0.3, -0.25) is 9.67 Å². The Hall–Kier alpha value is -3.45. The fourth-order valence-corrected chi connectivity index (χ4v) is 4.33. The minimum absolute atomic E-state index is 0.238. The Morgan fingerprint density at radius 1 is 1.06 bits per heavy atom. The Balaban J connectivity index is 1.44. The lowest BCUT2D eigenvalue weighted by Gasteiger charge is -2.21. The molecule has 2 atom stereocenters. The number of ether oxygens (including phenoxy) is 2. The molecule has 1 aromatic carbocycles. The average Bonchev–Trinajstić information content (AvgIpc) is 3.56. The second kappa shape index (κ2) is 8.73. The van der Waals surface area contributed by atoms with Crippen LogP contribution in [0.1, 0.15) is 17.2 Å². The Kier molecular flexibility index (Phi) is 5.50. The van der Waals surface area contributed by atoms with Gasteiger partial charge in [0, 0.05) is 54.2 Å². The highest BCUT2D eigenvalue weighted by Gasteiger charge is 2.31. The lowest BCUT2D eigenvalue weighted by molar-refractivity contribution is 0.181. The summed E-state index contributed by atoms with van der Waals surface area (Å²) in [4.78, 5) is 8.83. The highest BCUT2D eigenvalue weighted by atomic mass is 16.5. The predicted molar refractivity (Wildman–Crippen MR) is 117 cm³/mol. The SMILES string of the molecule is COc1ccc(-c2nccn2[C@@H]2COC[C@@H]2Cc2ccncc2)cc1Cn1cccn1. The van der Waals surface area contributed by atoms with E-state index in [0.717, 1.165) is 35.7 Å². The van der Waals surface area contributed by atoms with Gasteiger partial charge in [-0.05, 0) is 48.4 Å². The molecule has 5 rings (SSSR count). The number of methoxy groups -OCH3 is 1. The van der Waals surface area contributed by atoms with Crippen molar-refractivity contribution in [1.29, 1.82) is 0 Å². The molecule has 0 saturated carbocycles. The van der Waals surface area contributed by atoms with Gasteiger partial charge in [0.1, 0.15) is 11.6 Å². The first-order valence-electron chi connectivity index (χ1n) is 10.5. The fraction of sp³-hybridized carbons (Fsp3) is 0.292. The smallest absolute Gasteiger partial charge is 0.140 e. The van der Waals surface area contributed by atoms with Gasteiger partial charge in [-0.15, -0.1) is 0 Å². The first kappa shape index (κ1) is 19.5. The number of imidazole rings is 1. The van der Waals surface area contributed by atoms with E-state index >= 15 is 0 Å². The molecular formula is C24H25N5O2. The van der Waals surface area contributed by atoms with E-state index in [2.05, 4.69) is 45.1 Å². The minimum atomic E-state index is 0.238. The van der Waals surface area contributed by atoms with Crippen LogP contribution in [0, 0.1) is 5.92 Å². The molecule has 1 saturated heterocycles. The van der Waals surface area contributed by atoms with Gasteiger partial charge in [-0.25, -0.2) is 4.98 Å². The van der Waals surface area contributed by atoms with Crippen molar-refractivity contribution in [1.82, 2.24) is 24.3 Å². The normalized spacial score (nSPS) is 18.4. The average molecular weight is 415 g/mol. The molecule has 0 unspecified atom stereocenters. The van der Waals surface area contributed by atoms with Crippen molar-refractivity contribution in [2.75, 3.05) is 20.3 Å². The zero-order valence-corrected chi connectivity index (χ0v) is 17.5. The van der Waals surface area contributed by atoms with E-state index in [0.29, 0.717) is 19.1 Å². The molecule has 0 spiro atoms. The van der Waals surface area contributed by atoms with E-state index in [-0.39, 0.29) is 6.04 Å². The van der Waals surface area contributed by atoms with E-state index in [1.165, 1.54) is 5.56 Å². The number of rotatable bonds is 7. The van der Waals surface area contributed by atoms with Gasteiger partial charge in [0.15, 0.2) is 0 Å². The van der Waals surface area contributed by atoms with Gasteiger partial charge in [0.25, 0.3) is 0 Å². The van der Waals surface area contributed by atoms with Crippen LogP contribution in [-0.4, -0.2) is 44.6 Å². The number of hydrogen-bond acceptors (Lipinski definition) is 5. The third-order valence-electron chi connectivity index (χ3n) is 5.87. The van der Waals surface area contributed by atoms with E-state index in [1.807, 2.05) is 41.6 Å². The van der Waals surface area contributed by atoms with Crippen LogP contribution in [0.2, 0.25) is 0 Å². The minimum Gasteiger partial charge on any atom is -0.496 e. The summed E-state index contributed by atoms with van der Waals surface area (Å²) in [6, 6.07) is 12.5. The number of nitrogens with zero attached hydrogens (tertiary/aromatic N) is 5. The highest BCUT2D eigenvalue weighted by molar-refractivity contribution is 5.59. The molecule has 1 aliphatic rings. The van der Waals surface area contributed by atoms with Crippen LogP contribution in [0.3, 0.4) is 0 Å². The molecule has 0 N–H and O–H groups in total. The van der Waals surface area contributed by atoms with Gasteiger partial charge >= 0.3 is 0 Å². The van der Waals surface area contributed by atoms with Crippen molar-refractivity contribution in [2.45, 2.75) is 19.0 Å². The first-order valence-corrected chi connectivity index (χ1v) is 10.5. The predicted octanol–water partition coefficient (Wildman–Crippen LogP) is 3.63. The van der Waals surface area contributed by atoms with E-state index in [4.69, 9.17) is 14.5 Å². The molecule has 7 nitrogen and oxygen atoms in total. The zero-order valence-electron chi connectivity index (χ0n) is 17.5. The number of pyridine rings is 1. The molecule has 1 fully saturated rings. The summed E-state index contributed by atoms with van der Waals surface area (Å²) in [7, 11) is 1.70. The summed E-state index contributed by atoms with van der Waals surface area (Å²) >= 11 is 0. The maximum absolute atomic E-state index is 5.89. The van der Waals surface area contributed by atoms with Gasteiger partial charge in [0.05, 0.1) is 32.9 Å². The molecular weight excluding hydrogens is 390 g/mol. The standard InChI is InChI=1S/C24H25N5O2/c1-30-23-4-3-19(14-20(23)15-28-11-2-7-27-28)24-26-10-12-29(24)22-17-31-16-21(22)13-18-5-8-25-9-6-18/h2-12,14,21-22H,13,15-17H2,1H3/t21-,22+/m0/s1. The maximum atomic E-state index is 5.89. The second-order valence-electron chi connectivity index (χ2n) is 7.81. The lowest BCUT2D eigenvalue weighted by Crippen LogP contribution is -2.20. The van der Waals surface area contributed by atoms with E-state index in [1.54, 1.807) is 13.3 Å². The van der Waals surface area contributed by atoms with Crippen molar-refractivity contribution in [3.05, 3.63) is 84.7 Å². The molecule has 0 bridgehead atoms. The maximum Gasteiger partial charge on any atom is 0.140 e. The van der Waals surface area contributed by atoms with E-state index in [9.17, 15) is 0 Å². The third-order valence-corrected chi connectivity index (χ3v) is 5.87. The van der Waals surface area contributed by atoms with Gasteiger partial charge in [0.2, 0.25) is 0 Å². The van der Waals surface area contributed by atoms with Gasteiger partial charge < -0.3 is 14.0 Å². The van der Waals surface area contributed by atoms with Crippen LogP contribution in [0.15, 0.2) is 73.6 Å². The van der Waals surface area contributed by atoms with Crippen LogP contribution in [-0.2, 0) is 17.7 Å². The summed E-state index contributed by atoms with van der Waals surface area (Å²) in [5, 5.41) is 4.33. The van der Waals surface area contributed by atoms with Crippen LogP contribution in [0.25, 0.3) is 11.4 Å². The molecule has 31 heavy (non-hydrogen) atoms. The Morgan fingerprint density at radius 2 is 1.97 bits per heavy atom. The van der Waals surface area contributed by atoms with Crippen molar-refractivity contribution in [3.8, 4) is 17.1 Å². The number of hydrogen-bond donors (Lipinski definition) is 0. The summed E-state index contributed by atoms with van der Waals surface area (Å²) < 4.78 is 15.6. The molecule has 4 heterocycles. The second-order valence-corrected chi connectivity index (χ2v) is 7.81. The van der Waals surface area contributed by atoms with Crippen molar-refractivity contribution in [3.63, 3.8) is 0 Å². The quantitative estimate of drug-likeness (QED) is 0.461. The summed E-state index contributed by atoms with van der Waals surface area (Å²) in [6.45, 7) is 2.08. The van der Waals surface area contributed by atoms with Crippen LogP contribution >= 0.6 is 0 Å². The van der Waals surface area contributed by atoms with Crippen LogP contribution < -0.4 is 4.74 Å². The molecule has 4 aromatic rings. The van der Waals surface area contributed by atoms with Gasteiger partial charge in [-0.2, -0.15) is 5.10 Å². The zero-order chi connectivity index (χ0) is 21.0. The molecule has 3 aromatic heterocycles. The number of benzene rings is 1. The topological polar surface area (TPSA) is 67.0 Å². The molecule has 0 aliphatic carbocycles. The van der Waals surface area contributed by atoms with Crippen molar-refractivity contribution in [2.24, 2.45) is 5.92 Å². The molecule has 0 radical (unpaired) electrons. The Labute approximate surface area is 181 Å². The summed E-state index contributed by atoms with van der Waals surface area (Å²) in [6.07, 6.45) is 12.3. The van der Waals surface area contributed by atoms with Crippen LogP contribution in [0.4, 0.5) is 0 Å². The lowest BCUT2D eigenvalue weighted by atomic mass is 9.95. The largest absolute Gasteiger partial charge is 0.496 e. The highest BCUT2D eigenvalue weighted by Crippen LogP contribution is 2.34. The van der Waals surface area contributed by atoms with Crippen molar-refractivity contribution >= 4 is 0 Å². The Bertz CT molecular complexity index is 1120. The van der Waals surface area contributed by atoms with Gasteiger partial charge in [-0.1, -0.05) is 0 Å². The third kappa shape index (κ3) is 4.09. The van der Waals surface area contributed by atoms with E-state index < -0.39 is 0 Å². The number of aromatic nitrogens is 5.